The van der Waals surface area contributed by atoms with E-state index in [-0.39, 0.29) is 16.4 Å². The van der Waals surface area contributed by atoms with Crippen molar-refractivity contribution in [1.82, 2.24) is 15.6 Å². The van der Waals surface area contributed by atoms with Gasteiger partial charge >= 0.3 is 0 Å². The van der Waals surface area contributed by atoms with Gasteiger partial charge in [0.15, 0.2) is 5.11 Å². The Morgan fingerprint density at radius 2 is 1.74 bits per heavy atom. The smallest absolute Gasteiger partial charge is 0.282 e. The fourth-order valence-corrected chi connectivity index (χ4v) is 4.12. The van der Waals surface area contributed by atoms with Gasteiger partial charge in [-0.05, 0) is 36.0 Å². The Kier molecular flexibility index (Phi) is 5.96. The van der Waals surface area contributed by atoms with Crippen molar-refractivity contribution < 1.29 is 9.72 Å². The molecule has 7 nitrogen and oxygen atoms in total. The second-order valence-corrected chi connectivity index (χ2v) is 8.03. The number of thiazole rings is 1. The van der Waals surface area contributed by atoms with Crippen LogP contribution in [0.25, 0.3) is 20.8 Å². The number of carbonyl (C=O) groups is 1. The maximum Gasteiger partial charge on any atom is 0.282 e. The minimum absolute atomic E-state index is 0.0446. The molecule has 0 aliphatic heterocycles. The van der Waals surface area contributed by atoms with Gasteiger partial charge in [0.05, 0.1) is 15.1 Å². The monoisotopic (exact) mass is 448 g/mol. The zero-order valence-electron chi connectivity index (χ0n) is 16.1. The summed E-state index contributed by atoms with van der Waals surface area (Å²) in [6, 6.07) is 21.6. The van der Waals surface area contributed by atoms with Crippen LogP contribution in [0.1, 0.15) is 15.9 Å². The van der Waals surface area contributed by atoms with Gasteiger partial charge in [-0.15, -0.1) is 11.3 Å². The summed E-state index contributed by atoms with van der Waals surface area (Å²) in [6.07, 6.45) is 0. The van der Waals surface area contributed by atoms with Crippen LogP contribution < -0.4 is 10.6 Å². The largest absolute Gasteiger partial charge is 0.358 e. The fraction of sp³-hybridized carbons (Fsp3) is 0.0455. The van der Waals surface area contributed by atoms with Gasteiger partial charge in [0.2, 0.25) is 0 Å². The van der Waals surface area contributed by atoms with Crippen molar-refractivity contribution in [3.63, 3.8) is 0 Å². The Morgan fingerprint density at radius 1 is 1.03 bits per heavy atom. The molecule has 0 bridgehead atoms. The highest BCUT2D eigenvalue weighted by Gasteiger charge is 2.19. The van der Waals surface area contributed by atoms with Gasteiger partial charge in [0.1, 0.15) is 10.6 Å². The highest BCUT2D eigenvalue weighted by atomic mass is 32.1. The molecule has 1 aromatic heterocycles. The molecule has 0 aliphatic carbocycles. The molecule has 31 heavy (non-hydrogen) atoms. The van der Waals surface area contributed by atoms with E-state index in [1.807, 2.05) is 48.5 Å². The van der Waals surface area contributed by atoms with Crippen molar-refractivity contribution in [1.29, 1.82) is 0 Å². The molecule has 4 aromatic rings. The number of benzene rings is 3. The Bertz CT molecular complexity index is 1250. The number of para-hydroxylation sites is 2. The molecule has 9 heteroatoms. The zero-order valence-corrected chi connectivity index (χ0v) is 17.7. The molecule has 2 N–H and O–H groups in total. The Labute approximate surface area is 186 Å². The van der Waals surface area contributed by atoms with Crippen LogP contribution in [0.2, 0.25) is 0 Å². The first-order chi connectivity index (χ1) is 15.0. The van der Waals surface area contributed by atoms with E-state index in [0.29, 0.717) is 6.54 Å². The van der Waals surface area contributed by atoms with E-state index in [1.165, 1.54) is 18.2 Å². The summed E-state index contributed by atoms with van der Waals surface area (Å²) in [4.78, 5) is 27.5. The Balaban J connectivity index is 1.36. The molecule has 0 radical (unpaired) electrons. The van der Waals surface area contributed by atoms with Crippen molar-refractivity contribution in [2.24, 2.45) is 0 Å². The van der Waals surface area contributed by atoms with Crippen LogP contribution in [0.3, 0.4) is 0 Å². The van der Waals surface area contributed by atoms with Crippen LogP contribution in [0.5, 0.6) is 0 Å². The number of nitro groups is 1. The summed E-state index contributed by atoms with van der Waals surface area (Å²) in [7, 11) is 0. The van der Waals surface area contributed by atoms with Gasteiger partial charge in [-0.3, -0.25) is 20.2 Å². The van der Waals surface area contributed by atoms with Crippen molar-refractivity contribution in [3.8, 4) is 10.6 Å². The summed E-state index contributed by atoms with van der Waals surface area (Å²) >= 11 is 6.80. The predicted octanol–water partition coefficient (Wildman–Crippen LogP) is 4.68. The van der Waals surface area contributed by atoms with Crippen molar-refractivity contribution >= 4 is 50.5 Å². The number of nitrogens with one attached hydrogen (secondary N) is 2. The van der Waals surface area contributed by atoms with E-state index in [0.717, 1.165) is 26.4 Å². The number of amides is 1. The Hall–Kier alpha value is -3.69. The SMILES string of the molecule is O=C(NC(=S)NCc1ccc(-c2nc3ccccc3s2)cc1)c1ccccc1[N+](=O)[O-]. The van der Waals surface area contributed by atoms with E-state index < -0.39 is 10.8 Å². The molecule has 3 aromatic carbocycles. The third-order valence-electron chi connectivity index (χ3n) is 4.52. The number of fused-ring (bicyclic) bond motifs is 1. The molecule has 1 heterocycles. The lowest BCUT2D eigenvalue weighted by atomic mass is 10.1. The zero-order chi connectivity index (χ0) is 21.8. The summed E-state index contributed by atoms with van der Waals surface area (Å²) in [5.41, 5.74) is 2.66. The standard InChI is InChI=1S/C22H16N4O3S2/c27-20(16-5-1-3-7-18(16)26(28)29)25-22(30)23-13-14-9-11-15(12-10-14)21-24-17-6-2-4-8-19(17)31-21/h1-12H,13H2,(H2,23,25,27,30). The minimum Gasteiger partial charge on any atom is -0.358 e. The predicted molar refractivity (Wildman–Crippen MR) is 125 cm³/mol. The van der Waals surface area contributed by atoms with Crippen LogP contribution in [-0.2, 0) is 6.54 Å². The number of nitro benzene ring substituents is 1. The van der Waals surface area contributed by atoms with Gasteiger partial charge < -0.3 is 5.32 Å². The van der Waals surface area contributed by atoms with E-state index in [4.69, 9.17) is 12.2 Å². The lowest BCUT2D eigenvalue weighted by molar-refractivity contribution is -0.385. The van der Waals surface area contributed by atoms with Crippen LogP contribution in [0.15, 0.2) is 72.8 Å². The third-order valence-corrected chi connectivity index (χ3v) is 5.85. The first-order valence-electron chi connectivity index (χ1n) is 9.29. The summed E-state index contributed by atoms with van der Waals surface area (Å²) in [6.45, 7) is 0.399. The van der Waals surface area contributed by atoms with Gasteiger partial charge in [0, 0.05) is 18.2 Å². The first-order valence-corrected chi connectivity index (χ1v) is 10.5. The summed E-state index contributed by atoms with van der Waals surface area (Å²) in [5, 5.41) is 17.6. The van der Waals surface area contributed by atoms with Crippen molar-refractivity contribution in [2.45, 2.75) is 6.54 Å². The molecular formula is C22H16N4O3S2. The highest BCUT2D eigenvalue weighted by molar-refractivity contribution is 7.80. The van der Waals surface area contributed by atoms with Crippen LogP contribution in [-0.4, -0.2) is 20.9 Å². The minimum atomic E-state index is -0.629. The molecule has 4 rings (SSSR count). The molecule has 0 fully saturated rings. The molecule has 0 saturated heterocycles. The maximum atomic E-state index is 12.3. The number of nitrogens with zero attached hydrogens (tertiary/aromatic N) is 2. The third kappa shape index (κ3) is 4.73. The number of carbonyl (C=O) groups excluding carboxylic acids is 1. The lowest BCUT2D eigenvalue weighted by Crippen LogP contribution is -2.39. The Morgan fingerprint density at radius 3 is 2.48 bits per heavy atom. The van der Waals surface area contributed by atoms with E-state index >= 15 is 0 Å². The lowest BCUT2D eigenvalue weighted by Gasteiger charge is -2.10. The first kappa shape index (κ1) is 20.6. The summed E-state index contributed by atoms with van der Waals surface area (Å²) in [5.74, 6) is -0.629. The van der Waals surface area contributed by atoms with Crippen molar-refractivity contribution in [3.05, 3.63) is 94.0 Å². The van der Waals surface area contributed by atoms with Gasteiger partial charge in [-0.1, -0.05) is 48.5 Å². The van der Waals surface area contributed by atoms with Gasteiger partial charge in [0.25, 0.3) is 11.6 Å². The molecule has 0 atom stereocenters. The van der Waals surface area contributed by atoms with E-state index in [2.05, 4.69) is 15.6 Å². The van der Waals surface area contributed by atoms with Crippen LogP contribution in [0, 0.1) is 10.1 Å². The fourth-order valence-electron chi connectivity index (χ4n) is 2.98. The average molecular weight is 449 g/mol. The second-order valence-electron chi connectivity index (χ2n) is 6.59. The average Bonchev–Trinajstić information content (AvgIpc) is 3.22. The van der Waals surface area contributed by atoms with Gasteiger partial charge in [-0.2, -0.15) is 0 Å². The van der Waals surface area contributed by atoms with Crippen molar-refractivity contribution in [2.75, 3.05) is 0 Å². The quantitative estimate of drug-likeness (QED) is 0.261. The maximum absolute atomic E-state index is 12.3. The molecule has 1 amide bonds. The molecule has 0 unspecified atom stereocenters. The molecular weight excluding hydrogens is 432 g/mol. The van der Waals surface area contributed by atoms with E-state index in [9.17, 15) is 14.9 Å². The molecule has 0 aliphatic rings. The van der Waals surface area contributed by atoms with E-state index in [1.54, 1.807) is 17.4 Å². The number of hydrogen-bond donors (Lipinski definition) is 2. The number of thiocarbonyl (C=S) groups is 1. The topological polar surface area (TPSA) is 97.2 Å². The highest BCUT2D eigenvalue weighted by Crippen LogP contribution is 2.30. The second kappa shape index (κ2) is 8.99. The summed E-state index contributed by atoms with van der Waals surface area (Å²) < 4.78 is 1.14. The van der Waals surface area contributed by atoms with Crippen LogP contribution in [0.4, 0.5) is 5.69 Å². The molecule has 0 saturated carbocycles. The normalized spacial score (nSPS) is 10.6. The molecule has 154 valence electrons. The molecule has 0 spiro atoms. The number of aromatic nitrogens is 1. The van der Waals surface area contributed by atoms with Gasteiger partial charge in [-0.25, -0.2) is 4.98 Å². The number of hydrogen-bond acceptors (Lipinski definition) is 6. The van der Waals surface area contributed by atoms with Crippen LogP contribution >= 0.6 is 23.6 Å². The number of rotatable bonds is 5.